The fourth-order valence-corrected chi connectivity index (χ4v) is 2.74. The van der Waals surface area contributed by atoms with Crippen LogP contribution in [0.5, 0.6) is 11.5 Å². The fraction of sp³-hybridized carbons (Fsp3) is 0.316. The van der Waals surface area contributed by atoms with Gasteiger partial charge in [-0.25, -0.2) is 0 Å². The number of ether oxygens (including phenoxy) is 2. The van der Waals surface area contributed by atoms with Crippen LogP contribution in [-0.2, 0) is 0 Å². The molecule has 1 aromatic carbocycles. The van der Waals surface area contributed by atoms with E-state index in [1.54, 1.807) is 19.5 Å². The molecule has 3 heteroatoms. The molecule has 0 saturated heterocycles. The highest BCUT2D eigenvalue weighted by Crippen LogP contribution is 2.32. The van der Waals surface area contributed by atoms with Crippen LogP contribution < -0.4 is 9.47 Å². The Morgan fingerprint density at radius 3 is 2.41 bits per heavy atom. The Morgan fingerprint density at radius 2 is 1.68 bits per heavy atom. The summed E-state index contributed by atoms with van der Waals surface area (Å²) in [5.74, 6) is 1.64. The lowest BCUT2D eigenvalue weighted by Crippen LogP contribution is -2.11. The van der Waals surface area contributed by atoms with Gasteiger partial charge in [-0.3, -0.25) is 4.98 Å². The van der Waals surface area contributed by atoms with Crippen molar-refractivity contribution in [1.29, 1.82) is 0 Å². The van der Waals surface area contributed by atoms with Crippen LogP contribution in [0, 0.1) is 0 Å². The SMILES string of the molecule is COc1ccc(/C=C/c2ccncc2)cc1OC1CCCC1. The summed E-state index contributed by atoms with van der Waals surface area (Å²) in [5, 5.41) is 0. The number of hydrogen-bond donors (Lipinski definition) is 0. The van der Waals surface area contributed by atoms with Gasteiger partial charge in [-0.2, -0.15) is 0 Å². The van der Waals surface area contributed by atoms with E-state index in [1.165, 1.54) is 12.8 Å². The highest BCUT2D eigenvalue weighted by Gasteiger charge is 2.18. The first-order valence-corrected chi connectivity index (χ1v) is 7.78. The molecule has 3 nitrogen and oxygen atoms in total. The van der Waals surface area contributed by atoms with E-state index < -0.39 is 0 Å². The Hall–Kier alpha value is -2.29. The van der Waals surface area contributed by atoms with Crippen molar-refractivity contribution in [2.75, 3.05) is 7.11 Å². The van der Waals surface area contributed by atoms with Crippen molar-refractivity contribution < 1.29 is 9.47 Å². The van der Waals surface area contributed by atoms with Crippen LogP contribution >= 0.6 is 0 Å². The molecule has 1 aliphatic carbocycles. The lowest BCUT2D eigenvalue weighted by atomic mass is 10.1. The zero-order chi connectivity index (χ0) is 15.2. The number of nitrogens with zero attached hydrogens (tertiary/aromatic N) is 1. The van der Waals surface area contributed by atoms with Crippen LogP contribution in [0.25, 0.3) is 12.2 Å². The fourth-order valence-electron chi connectivity index (χ4n) is 2.74. The molecule has 2 aromatic rings. The number of benzene rings is 1. The third kappa shape index (κ3) is 3.67. The summed E-state index contributed by atoms with van der Waals surface area (Å²) in [7, 11) is 1.68. The van der Waals surface area contributed by atoms with Gasteiger partial charge >= 0.3 is 0 Å². The van der Waals surface area contributed by atoms with Crippen molar-refractivity contribution in [1.82, 2.24) is 4.98 Å². The summed E-state index contributed by atoms with van der Waals surface area (Å²) in [5.41, 5.74) is 2.23. The summed E-state index contributed by atoms with van der Waals surface area (Å²) < 4.78 is 11.5. The second kappa shape index (κ2) is 7.12. The van der Waals surface area contributed by atoms with Gasteiger partial charge in [0.15, 0.2) is 11.5 Å². The summed E-state index contributed by atoms with van der Waals surface area (Å²) in [4.78, 5) is 4.02. The predicted molar refractivity (Wildman–Crippen MR) is 89.0 cm³/mol. The van der Waals surface area contributed by atoms with Crippen LogP contribution in [0.15, 0.2) is 42.7 Å². The average Bonchev–Trinajstić information content (AvgIpc) is 3.07. The topological polar surface area (TPSA) is 31.4 Å². The largest absolute Gasteiger partial charge is 0.493 e. The molecular formula is C19H21NO2. The van der Waals surface area contributed by atoms with E-state index in [0.717, 1.165) is 35.5 Å². The molecule has 22 heavy (non-hydrogen) atoms. The van der Waals surface area contributed by atoms with Crippen molar-refractivity contribution in [2.24, 2.45) is 0 Å². The zero-order valence-corrected chi connectivity index (χ0v) is 12.9. The van der Waals surface area contributed by atoms with E-state index in [-0.39, 0.29) is 0 Å². The standard InChI is InChI=1S/C19H21NO2/c1-21-18-9-8-16(7-6-15-10-12-20-13-11-15)14-19(18)22-17-4-2-3-5-17/h6-14,17H,2-5H2,1H3/b7-6+. The quantitative estimate of drug-likeness (QED) is 0.809. The molecule has 0 unspecified atom stereocenters. The van der Waals surface area contributed by atoms with Gasteiger partial charge in [-0.05, 0) is 61.1 Å². The summed E-state index contributed by atoms with van der Waals surface area (Å²) in [6.45, 7) is 0. The highest BCUT2D eigenvalue weighted by atomic mass is 16.5. The second-order valence-electron chi connectivity index (χ2n) is 5.55. The zero-order valence-electron chi connectivity index (χ0n) is 12.9. The lowest BCUT2D eigenvalue weighted by Gasteiger charge is -2.16. The first-order chi connectivity index (χ1) is 10.8. The minimum absolute atomic E-state index is 0.327. The van der Waals surface area contributed by atoms with Crippen molar-refractivity contribution in [3.63, 3.8) is 0 Å². The molecule has 0 bridgehead atoms. The van der Waals surface area contributed by atoms with Crippen molar-refractivity contribution in [3.05, 3.63) is 53.9 Å². The predicted octanol–water partition coefficient (Wildman–Crippen LogP) is 4.58. The highest BCUT2D eigenvalue weighted by molar-refractivity contribution is 5.70. The second-order valence-corrected chi connectivity index (χ2v) is 5.55. The molecule has 0 atom stereocenters. The number of aromatic nitrogens is 1. The molecule has 0 spiro atoms. The van der Waals surface area contributed by atoms with Crippen LogP contribution in [0.2, 0.25) is 0 Å². The van der Waals surface area contributed by atoms with Gasteiger partial charge in [-0.15, -0.1) is 0 Å². The molecule has 1 aliphatic rings. The van der Waals surface area contributed by atoms with E-state index in [0.29, 0.717) is 6.10 Å². The molecule has 0 aliphatic heterocycles. The normalized spacial score (nSPS) is 15.3. The third-order valence-electron chi connectivity index (χ3n) is 3.96. The molecule has 0 amide bonds. The Labute approximate surface area is 131 Å². The molecule has 3 rings (SSSR count). The molecule has 1 saturated carbocycles. The number of pyridine rings is 1. The maximum Gasteiger partial charge on any atom is 0.162 e. The smallest absolute Gasteiger partial charge is 0.162 e. The maximum absolute atomic E-state index is 6.12. The van der Waals surface area contributed by atoms with E-state index in [9.17, 15) is 0 Å². The number of hydrogen-bond acceptors (Lipinski definition) is 3. The van der Waals surface area contributed by atoms with Gasteiger partial charge < -0.3 is 9.47 Å². The summed E-state index contributed by atoms with van der Waals surface area (Å²) in [6.07, 6.45) is 12.9. The van der Waals surface area contributed by atoms with Crippen LogP contribution in [-0.4, -0.2) is 18.2 Å². The van der Waals surface area contributed by atoms with Crippen LogP contribution in [0.1, 0.15) is 36.8 Å². The van der Waals surface area contributed by atoms with Gasteiger partial charge in [0.25, 0.3) is 0 Å². The van der Waals surface area contributed by atoms with Gasteiger partial charge in [-0.1, -0.05) is 18.2 Å². The Bertz CT molecular complexity index is 631. The van der Waals surface area contributed by atoms with Gasteiger partial charge in [0, 0.05) is 12.4 Å². The summed E-state index contributed by atoms with van der Waals surface area (Å²) >= 11 is 0. The first kappa shape index (κ1) is 14.6. The Balaban J connectivity index is 1.78. The monoisotopic (exact) mass is 295 g/mol. The van der Waals surface area contributed by atoms with E-state index in [1.807, 2.05) is 24.3 Å². The summed E-state index contributed by atoms with van der Waals surface area (Å²) in [6, 6.07) is 10.0. The average molecular weight is 295 g/mol. The molecule has 1 fully saturated rings. The van der Waals surface area contributed by atoms with E-state index in [4.69, 9.17) is 9.47 Å². The molecule has 0 N–H and O–H groups in total. The molecular weight excluding hydrogens is 274 g/mol. The van der Waals surface area contributed by atoms with Crippen LogP contribution in [0.4, 0.5) is 0 Å². The van der Waals surface area contributed by atoms with Crippen molar-refractivity contribution in [3.8, 4) is 11.5 Å². The molecule has 114 valence electrons. The van der Waals surface area contributed by atoms with E-state index >= 15 is 0 Å². The Kier molecular flexibility index (Phi) is 4.74. The molecule has 1 aromatic heterocycles. The minimum Gasteiger partial charge on any atom is -0.493 e. The van der Waals surface area contributed by atoms with Crippen LogP contribution in [0.3, 0.4) is 0 Å². The Morgan fingerprint density at radius 1 is 0.955 bits per heavy atom. The van der Waals surface area contributed by atoms with Crippen molar-refractivity contribution in [2.45, 2.75) is 31.8 Å². The maximum atomic E-state index is 6.12. The third-order valence-corrected chi connectivity index (χ3v) is 3.96. The molecule has 1 heterocycles. The lowest BCUT2D eigenvalue weighted by molar-refractivity contribution is 0.201. The van der Waals surface area contributed by atoms with Gasteiger partial charge in [0.05, 0.1) is 13.2 Å². The first-order valence-electron chi connectivity index (χ1n) is 7.78. The van der Waals surface area contributed by atoms with Crippen molar-refractivity contribution >= 4 is 12.2 Å². The van der Waals surface area contributed by atoms with Gasteiger partial charge in [0.2, 0.25) is 0 Å². The van der Waals surface area contributed by atoms with E-state index in [2.05, 4.69) is 23.2 Å². The number of methoxy groups -OCH3 is 1. The number of rotatable bonds is 5. The van der Waals surface area contributed by atoms with Gasteiger partial charge in [0.1, 0.15) is 0 Å². The minimum atomic E-state index is 0.327. The molecule has 0 radical (unpaired) electrons.